The number of amides is 1. The Hall–Kier alpha value is -4.72. The van der Waals surface area contributed by atoms with Gasteiger partial charge < -0.3 is 28.6 Å². The van der Waals surface area contributed by atoms with Gasteiger partial charge in [-0.3, -0.25) is 9.59 Å². The van der Waals surface area contributed by atoms with Gasteiger partial charge in [0.05, 0.1) is 31.9 Å². The van der Waals surface area contributed by atoms with Crippen LogP contribution in [0.15, 0.2) is 88.5 Å². The third kappa shape index (κ3) is 4.93. The monoisotopic (exact) mass is 527 g/mol. The minimum Gasteiger partial charge on any atom is -0.503 e. The smallest absolute Gasteiger partial charge is 0.290 e. The molecule has 1 atom stereocenters. The third-order valence-corrected chi connectivity index (χ3v) is 6.56. The van der Waals surface area contributed by atoms with E-state index in [2.05, 4.69) is 0 Å². The van der Waals surface area contributed by atoms with E-state index in [0.717, 1.165) is 5.56 Å². The number of carbonyl (C=O) groups excluding carboxylic acids is 2. The number of nitrogens with zero attached hydrogens (tertiary/aromatic N) is 1. The lowest BCUT2D eigenvalue weighted by atomic mass is 9.94. The van der Waals surface area contributed by atoms with Gasteiger partial charge in [0.25, 0.3) is 5.91 Å². The molecule has 0 saturated carbocycles. The van der Waals surface area contributed by atoms with E-state index in [0.29, 0.717) is 33.8 Å². The van der Waals surface area contributed by atoms with Crippen LogP contribution in [-0.4, -0.2) is 42.0 Å². The summed E-state index contributed by atoms with van der Waals surface area (Å²) in [5.74, 6) is -0.108. The van der Waals surface area contributed by atoms with Crippen LogP contribution in [0.5, 0.6) is 17.2 Å². The molecule has 1 unspecified atom stereocenters. The minimum absolute atomic E-state index is 0.00488. The zero-order valence-electron chi connectivity index (χ0n) is 22.1. The Labute approximate surface area is 226 Å². The molecule has 0 spiro atoms. The Kier molecular flexibility index (Phi) is 7.02. The standard InChI is InChI=1S/C31H29NO7/c1-18(2)38-23-9-5-7-20(15-23)27-26(28(33)25-16-21-8-6-10-24(37-4)30(21)39-25)29(34)31(35)32(27)17-19-11-13-22(36-3)14-12-19/h5-16,18,27,34H,17H2,1-4H3. The first-order valence-corrected chi connectivity index (χ1v) is 12.6. The van der Waals surface area contributed by atoms with Crippen molar-refractivity contribution in [1.82, 2.24) is 4.90 Å². The second-order valence-electron chi connectivity index (χ2n) is 9.50. The molecule has 200 valence electrons. The van der Waals surface area contributed by atoms with Crippen molar-refractivity contribution in [2.75, 3.05) is 14.2 Å². The fraction of sp³-hybridized carbons (Fsp3) is 0.226. The lowest BCUT2D eigenvalue weighted by Gasteiger charge is -2.27. The second kappa shape index (κ2) is 10.6. The van der Waals surface area contributed by atoms with Gasteiger partial charge in [-0.2, -0.15) is 0 Å². The summed E-state index contributed by atoms with van der Waals surface area (Å²) in [7, 11) is 3.09. The average Bonchev–Trinajstić information content (AvgIpc) is 3.48. The maximum absolute atomic E-state index is 13.9. The summed E-state index contributed by atoms with van der Waals surface area (Å²) in [5, 5.41) is 11.8. The normalized spacial score (nSPS) is 15.4. The molecule has 1 amide bonds. The number of Topliss-reactive ketones (excluding diaryl/α,β-unsaturated/α-hetero) is 1. The van der Waals surface area contributed by atoms with Crippen molar-refractivity contribution >= 4 is 22.7 Å². The first-order valence-electron chi connectivity index (χ1n) is 12.6. The van der Waals surface area contributed by atoms with Crippen LogP contribution in [0.25, 0.3) is 11.0 Å². The fourth-order valence-electron chi connectivity index (χ4n) is 4.79. The Balaban J connectivity index is 1.59. The van der Waals surface area contributed by atoms with Crippen LogP contribution < -0.4 is 14.2 Å². The largest absolute Gasteiger partial charge is 0.503 e. The zero-order chi connectivity index (χ0) is 27.7. The van der Waals surface area contributed by atoms with Crippen LogP contribution in [0.4, 0.5) is 0 Å². The first kappa shape index (κ1) is 25.9. The molecule has 8 heteroatoms. The highest BCUT2D eigenvalue weighted by Gasteiger charge is 2.44. The number of hydrogen-bond acceptors (Lipinski definition) is 7. The van der Waals surface area contributed by atoms with E-state index >= 15 is 0 Å². The van der Waals surface area contributed by atoms with Gasteiger partial charge in [0.1, 0.15) is 11.5 Å². The van der Waals surface area contributed by atoms with Gasteiger partial charge in [-0.1, -0.05) is 36.4 Å². The van der Waals surface area contributed by atoms with Gasteiger partial charge in [-0.25, -0.2) is 0 Å². The van der Waals surface area contributed by atoms with Crippen molar-refractivity contribution in [3.05, 3.63) is 101 Å². The summed E-state index contributed by atoms with van der Waals surface area (Å²) in [6.45, 7) is 3.98. The molecule has 0 aliphatic carbocycles. The summed E-state index contributed by atoms with van der Waals surface area (Å²) in [6.07, 6.45) is -0.0727. The quantitative estimate of drug-likeness (QED) is 0.266. The SMILES string of the molecule is COc1ccc(CN2C(=O)C(O)=C(C(=O)c3cc4cccc(OC)c4o3)C2c2cccc(OC(C)C)c2)cc1. The van der Waals surface area contributed by atoms with Crippen molar-refractivity contribution in [3.63, 3.8) is 0 Å². The van der Waals surface area contributed by atoms with E-state index in [1.54, 1.807) is 61.7 Å². The molecule has 0 bridgehead atoms. The molecule has 1 aromatic heterocycles. The van der Waals surface area contributed by atoms with Crippen molar-refractivity contribution in [1.29, 1.82) is 0 Å². The van der Waals surface area contributed by atoms with E-state index in [9.17, 15) is 14.7 Å². The molecule has 2 heterocycles. The molecule has 0 radical (unpaired) electrons. The number of ketones is 1. The minimum atomic E-state index is -0.877. The van der Waals surface area contributed by atoms with Crippen LogP contribution in [0.3, 0.4) is 0 Å². The lowest BCUT2D eigenvalue weighted by molar-refractivity contribution is -0.130. The average molecular weight is 528 g/mol. The van der Waals surface area contributed by atoms with Crippen LogP contribution >= 0.6 is 0 Å². The van der Waals surface area contributed by atoms with E-state index in [1.807, 2.05) is 32.0 Å². The highest BCUT2D eigenvalue weighted by atomic mass is 16.5. The molecule has 0 saturated heterocycles. The Morgan fingerprint density at radius 1 is 0.974 bits per heavy atom. The number of rotatable bonds is 9. The Bertz CT molecular complexity index is 1570. The van der Waals surface area contributed by atoms with Gasteiger partial charge in [0.2, 0.25) is 5.78 Å². The molecule has 5 rings (SSSR count). The van der Waals surface area contributed by atoms with Gasteiger partial charge in [0, 0.05) is 11.9 Å². The molecule has 8 nitrogen and oxygen atoms in total. The fourth-order valence-corrected chi connectivity index (χ4v) is 4.79. The predicted molar refractivity (Wildman–Crippen MR) is 145 cm³/mol. The second-order valence-corrected chi connectivity index (χ2v) is 9.50. The molecule has 3 aromatic carbocycles. The van der Waals surface area contributed by atoms with Crippen LogP contribution in [0, 0.1) is 0 Å². The Morgan fingerprint density at radius 3 is 2.41 bits per heavy atom. The van der Waals surface area contributed by atoms with Crippen molar-refractivity contribution in [2.45, 2.75) is 32.5 Å². The molecule has 4 aromatic rings. The van der Waals surface area contributed by atoms with Gasteiger partial charge in [0.15, 0.2) is 22.9 Å². The van der Waals surface area contributed by atoms with Crippen LogP contribution in [0.2, 0.25) is 0 Å². The zero-order valence-corrected chi connectivity index (χ0v) is 22.1. The third-order valence-electron chi connectivity index (χ3n) is 6.56. The van der Waals surface area contributed by atoms with Crippen molar-refractivity contribution in [3.8, 4) is 17.2 Å². The number of furan rings is 1. The number of ether oxygens (including phenoxy) is 3. The number of aliphatic hydroxyl groups is 1. The molecule has 1 aliphatic rings. The number of benzene rings is 3. The van der Waals surface area contributed by atoms with E-state index in [1.165, 1.54) is 12.0 Å². The number of aliphatic hydroxyl groups excluding tert-OH is 1. The number of fused-ring (bicyclic) bond motifs is 1. The summed E-state index contributed by atoms with van der Waals surface area (Å²) in [4.78, 5) is 28.9. The molecular formula is C31H29NO7. The van der Waals surface area contributed by atoms with Gasteiger partial charge in [-0.15, -0.1) is 0 Å². The summed E-state index contributed by atoms with van der Waals surface area (Å²) in [6, 6.07) is 20.5. The highest BCUT2D eigenvalue weighted by molar-refractivity contribution is 6.16. The topological polar surface area (TPSA) is 98.4 Å². The number of carbonyl (C=O) groups is 2. The summed E-state index contributed by atoms with van der Waals surface area (Å²) < 4.78 is 22.4. The molecule has 0 fully saturated rings. The Morgan fingerprint density at radius 2 is 1.72 bits per heavy atom. The van der Waals surface area contributed by atoms with Crippen molar-refractivity contribution in [2.24, 2.45) is 0 Å². The number of para-hydroxylation sites is 1. The maximum atomic E-state index is 13.9. The van der Waals surface area contributed by atoms with Crippen LogP contribution in [-0.2, 0) is 11.3 Å². The molecule has 1 N–H and O–H groups in total. The summed E-state index contributed by atoms with van der Waals surface area (Å²) >= 11 is 0. The first-order chi connectivity index (χ1) is 18.8. The lowest BCUT2D eigenvalue weighted by Crippen LogP contribution is -2.30. The van der Waals surface area contributed by atoms with Crippen molar-refractivity contribution < 1.29 is 33.3 Å². The molecule has 1 aliphatic heterocycles. The molecule has 39 heavy (non-hydrogen) atoms. The molecular weight excluding hydrogens is 498 g/mol. The number of hydrogen-bond donors (Lipinski definition) is 1. The van der Waals surface area contributed by atoms with E-state index in [4.69, 9.17) is 18.6 Å². The van der Waals surface area contributed by atoms with E-state index < -0.39 is 23.5 Å². The summed E-state index contributed by atoms with van der Waals surface area (Å²) in [5.41, 5.74) is 1.77. The maximum Gasteiger partial charge on any atom is 0.290 e. The predicted octanol–water partition coefficient (Wildman–Crippen LogP) is 6.02. The van der Waals surface area contributed by atoms with Crippen LogP contribution in [0.1, 0.15) is 41.6 Å². The number of methoxy groups -OCH3 is 2. The van der Waals surface area contributed by atoms with Gasteiger partial charge in [-0.05, 0) is 61.4 Å². The van der Waals surface area contributed by atoms with Gasteiger partial charge >= 0.3 is 0 Å². The van der Waals surface area contributed by atoms with E-state index in [-0.39, 0.29) is 24.0 Å². The highest BCUT2D eigenvalue weighted by Crippen LogP contribution is 2.42.